The molecule has 1 saturated heterocycles. The predicted octanol–water partition coefficient (Wildman–Crippen LogP) is 4.74. The maximum Gasteiger partial charge on any atom is 0.119 e. The first-order valence-corrected chi connectivity index (χ1v) is 9.63. The van der Waals surface area contributed by atoms with Crippen LogP contribution in [0.15, 0.2) is 54.6 Å². The van der Waals surface area contributed by atoms with E-state index in [1.165, 1.54) is 35.2 Å². The lowest BCUT2D eigenvalue weighted by atomic mass is 10.0. The Balaban J connectivity index is 1.65. The molecular formula is C23H27N3O. The fourth-order valence-electron chi connectivity index (χ4n) is 4.11. The summed E-state index contributed by atoms with van der Waals surface area (Å²) in [6.07, 6.45) is 2.41. The molecule has 1 aliphatic rings. The third-order valence-corrected chi connectivity index (χ3v) is 5.71. The average molecular weight is 361 g/mol. The second-order valence-corrected chi connectivity index (χ2v) is 7.31. The number of methoxy groups -OCH3 is 1. The summed E-state index contributed by atoms with van der Waals surface area (Å²) in [5, 5.41) is 4.82. The quantitative estimate of drug-likeness (QED) is 0.657. The number of likely N-dealkylation sites (tertiary alicyclic amines) is 1. The molecule has 0 radical (unpaired) electrons. The van der Waals surface area contributed by atoms with Crippen LogP contribution in [-0.2, 0) is 13.6 Å². The number of hydrogen-bond acceptors (Lipinski definition) is 3. The molecule has 3 aromatic rings. The summed E-state index contributed by atoms with van der Waals surface area (Å²) in [6.45, 7) is 4.21. The fraction of sp³-hybridized carbons (Fsp3) is 0.348. The van der Waals surface area contributed by atoms with Gasteiger partial charge in [-0.05, 0) is 44.0 Å². The van der Waals surface area contributed by atoms with Gasteiger partial charge in [0, 0.05) is 36.5 Å². The van der Waals surface area contributed by atoms with Crippen LogP contribution in [0, 0.1) is 6.92 Å². The highest BCUT2D eigenvalue weighted by atomic mass is 16.5. The monoisotopic (exact) mass is 361 g/mol. The highest BCUT2D eigenvalue weighted by molar-refractivity contribution is 5.64. The highest BCUT2D eigenvalue weighted by Gasteiger charge is 2.28. The maximum absolute atomic E-state index is 5.44. The molecular weight excluding hydrogens is 334 g/mol. The van der Waals surface area contributed by atoms with Crippen molar-refractivity contribution in [1.29, 1.82) is 0 Å². The van der Waals surface area contributed by atoms with Crippen molar-refractivity contribution in [2.75, 3.05) is 13.7 Å². The van der Waals surface area contributed by atoms with Crippen LogP contribution in [0.25, 0.3) is 11.3 Å². The first-order chi connectivity index (χ1) is 13.2. The van der Waals surface area contributed by atoms with Gasteiger partial charge >= 0.3 is 0 Å². The first-order valence-electron chi connectivity index (χ1n) is 9.63. The Labute approximate surface area is 161 Å². The van der Waals surface area contributed by atoms with E-state index in [1.54, 1.807) is 7.11 Å². The maximum atomic E-state index is 5.44. The number of aryl methyl sites for hydroxylation is 1. The number of nitrogens with zero attached hydrogens (tertiary/aromatic N) is 3. The van der Waals surface area contributed by atoms with Gasteiger partial charge in [0.2, 0.25) is 0 Å². The average Bonchev–Trinajstić information content (AvgIpc) is 3.29. The van der Waals surface area contributed by atoms with E-state index in [4.69, 9.17) is 9.84 Å². The molecule has 4 heteroatoms. The molecule has 0 N–H and O–H groups in total. The molecule has 140 valence electrons. The summed E-state index contributed by atoms with van der Waals surface area (Å²) in [4.78, 5) is 2.59. The zero-order chi connectivity index (χ0) is 18.8. The molecule has 1 fully saturated rings. The SMILES string of the molecule is COc1cccc([C@@H]2CCCN2Cc2c(-c3ccccc3)nn(C)c2C)c1. The molecule has 2 heterocycles. The predicted molar refractivity (Wildman–Crippen MR) is 109 cm³/mol. The Morgan fingerprint density at radius 2 is 1.93 bits per heavy atom. The van der Waals surface area contributed by atoms with Crippen molar-refractivity contribution >= 4 is 0 Å². The smallest absolute Gasteiger partial charge is 0.119 e. The van der Waals surface area contributed by atoms with E-state index in [9.17, 15) is 0 Å². The van der Waals surface area contributed by atoms with E-state index < -0.39 is 0 Å². The fourth-order valence-corrected chi connectivity index (χ4v) is 4.11. The number of aromatic nitrogens is 2. The van der Waals surface area contributed by atoms with Crippen molar-refractivity contribution in [2.24, 2.45) is 7.05 Å². The van der Waals surface area contributed by atoms with Gasteiger partial charge in [-0.25, -0.2) is 0 Å². The minimum atomic E-state index is 0.434. The molecule has 1 atom stereocenters. The van der Waals surface area contributed by atoms with Gasteiger partial charge in [-0.1, -0.05) is 42.5 Å². The zero-order valence-corrected chi connectivity index (χ0v) is 16.4. The normalized spacial score (nSPS) is 17.4. The Morgan fingerprint density at radius 1 is 1.11 bits per heavy atom. The summed E-state index contributed by atoms with van der Waals surface area (Å²) >= 11 is 0. The van der Waals surface area contributed by atoms with E-state index in [0.29, 0.717) is 6.04 Å². The van der Waals surface area contributed by atoms with Gasteiger partial charge in [-0.2, -0.15) is 5.10 Å². The third kappa shape index (κ3) is 3.50. The van der Waals surface area contributed by atoms with Gasteiger partial charge in [-0.3, -0.25) is 9.58 Å². The lowest BCUT2D eigenvalue weighted by Gasteiger charge is -2.25. The highest BCUT2D eigenvalue weighted by Crippen LogP contribution is 2.36. The van der Waals surface area contributed by atoms with Gasteiger partial charge in [0.25, 0.3) is 0 Å². The largest absolute Gasteiger partial charge is 0.497 e. The second kappa shape index (κ2) is 7.57. The molecule has 0 unspecified atom stereocenters. The molecule has 0 amide bonds. The lowest BCUT2D eigenvalue weighted by Crippen LogP contribution is -2.23. The van der Waals surface area contributed by atoms with E-state index in [2.05, 4.69) is 60.4 Å². The van der Waals surface area contributed by atoms with Crippen molar-refractivity contribution in [3.05, 3.63) is 71.4 Å². The molecule has 0 saturated carbocycles. The summed E-state index contributed by atoms with van der Waals surface area (Å²) in [6, 6.07) is 19.5. The van der Waals surface area contributed by atoms with Crippen LogP contribution in [0.4, 0.5) is 0 Å². The van der Waals surface area contributed by atoms with Gasteiger partial charge in [0.05, 0.1) is 12.8 Å². The first kappa shape index (κ1) is 17.8. The van der Waals surface area contributed by atoms with Crippen LogP contribution in [0.3, 0.4) is 0 Å². The second-order valence-electron chi connectivity index (χ2n) is 7.31. The summed E-state index contributed by atoms with van der Waals surface area (Å²) in [7, 11) is 3.77. The molecule has 27 heavy (non-hydrogen) atoms. The van der Waals surface area contributed by atoms with E-state index in [0.717, 1.165) is 24.5 Å². The Hall–Kier alpha value is -2.59. The number of hydrogen-bond donors (Lipinski definition) is 0. The van der Waals surface area contributed by atoms with Gasteiger partial charge in [0.1, 0.15) is 5.75 Å². The van der Waals surface area contributed by atoms with Gasteiger partial charge < -0.3 is 4.74 Å². The number of rotatable bonds is 5. The van der Waals surface area contributed by atoms with Crippen LogP contribution in [0.1, 0.15) is 35.7 Å². The molecule has 0 aliphatic carbocycles. The van der Waals surface area contributed by atoms with Crippen molar-refractivity contribution in [2.45, 2.75) is 32.4 Å². The standard InChI is InChI=1S/C23H27N3O/c1-17-21(23(24-25(17)2)18-9-5-4-6-10-18)16-26-14-8-13-22(26)19-11-7-12-20(15-19)27-3/h4-7,9-12,15,22H,8,13-14,16H2,1-3H3/t22-/m0/s1. The Kier molecular flexibility index (Phi) is 4.99. The van der Waals surface area contributed by atoms with Gasteiger partial charge in [0.15, 0.2) is 0 Å². The van der Waals surface area contributed by atoms with E-state index in [1.807, 2.05) is 17.8 Å². The minimum Gasteiger partial charge on any atom is -0.497 e. The molecule has 0 spiro atoms. The minimum absolute atomic E-state index is 0.434. The van der Waals surface area contributed by atoms with Crippen LogP contribution in [0.2, 0.25) is 0 Å². The van der Waals surface area contributed by atoms with Gasteiger partial charge in [-0.15, -0.1) is 0 Å². The van der Waals surface area contributed by atoms with E-state index >= 15 is 0 Å². The number of ether oxygens (including phenoxy) is 1. The van der Waals surface area contributed by atoms with Crippen molar-refractivity contribution in [1.82, 2.24) is 14.7 Å². The van der Waals surface area contributed by atoms with Crippen molar-refractivity contribution in [3.8, 4) is 17.0 Å². The zero-order valence-electron chi connectivity index (χ0n) is 16.4. The topological polar surface area (TPSA) is 30.3 Å². The van der Waals surface area contributed by atoms with Crippen LogP contribution < -0.4 is 4.74 Å². The van der Waals surface area contributed by atoms with Crippen LogP contribution in [-0.4, -0.2) is 28.3 Å². The third-order valence-electron chi connectivity index (χ3n) is 5.71. The summed E-state index contributed by atoms with van der Waals surface area (Å²) in [5.74, 6) is 0.932. The molecule has 1 aliphatic heterocycles. The molecule has 4 nitrogen and oxygen atoms in total. The molecule has 2 aromatic carbocycles. The summed E-state index contributed by atoms with van der Waals surface area (Å²) < 4.78 is 7.44. The summed E-state index contributed by atoms with van der Waals surface area (Å²) in [5.41, 5.74) is 6.21. The molecule has 0 bridgehead atoms. The molecule has 4 rings (SSSR count). The van der Waals surface area contributed by atoms with Crippen molar-refractivity contribution in [3.63, 3.8) is 0 Å². The van der Waals surface area contributed by atoms with Crippen molar-refractivity contribution < 1.29 is 4.74 Å². The van der Waals surface area contributed by atoms with Crippen LogP contribution in [0.5, 0.6) is 5.75 Å². The lowest BCUT2D eigenvalue weighted by molar-refractivity contribution is 0.248. The molecule has 1 aromatic heterocycles. The van der Waals surface area contributed by atoms with Crippen LogP contribution >= 0.6 is 0 Å². The number of benzene rings is 2. The van der Waals surface area contributed by atoms with E-state index in [-0.39, 0.29) is 0 Å². The Morgan fingerprint density at radius 3 is 2.70 bits per heavy atom. The Bertz CT molecular complexity index is 917.